The molecule has 0 bridgehead atoms. The van der Waals surface area contributed by atoms with Gasteiger partial charge in [0.1, 0.15) is 11.4 Å². The van der Waals surface area contributed by atoms with E-state index in [-0.39, 0.29) is 5.90 Å². The molecule has 0 saturated heterocycles. The first kappa shape index (κ1) is 12.9. The number of hydrazone groups is 1. The van der Waals surface area contributed by atoms with Crippen LogP contribution >= 0.6 is 0 Å². The fourth-order valence-electron chi connectivity index (χ4n) is 1.20. The van der Waals surface area contributed by atoms with Crippen molar-refractivity contribution >= 4 is 17.3 Å². The molecule has 0 unspecified atom stereocenters. The van der Waals surface area contributed by atoms with Gasteiger partial charge in [-0.25, -0.2) is 0 Å². The molecule has 5 nitrogen and oxygen atoms in total. The van der Waals surface area contributed by atoms with Gasteiger partial charge in [-0.2, -0.15) is 5.10 Å². The van der Waals surface area contributed by atoms with Gasteiger partial charge < -0.3 is 10.7 Å². The van der Waals surface area contributed by atoms with Gasteiger partial charge in [0, 0.05) is 12.0 Å². The lowest BCUT2D eigenvalue weighted by molar-refractivity contribution is 0.317. The zero-order valence-electron chi connectivity index (χ0n) is 9.97. The second-order valence-electron chi connectivity index (χ2n) is 3.39. The summed E-state index contributed by atoms with van der Waals surface area (Å²) in [7, 11) is 0. The topological polar surface area (TPSA) is 83.8 Å². The molecule has 1 aromatic rings. The van der Waals surface area contributed by atoms with Crippen LogP contribution < -0.4 is 5.84 Å². The maximum Gasteiger partial charge on any atom is 0.217 e. The molecule has 0 atom stereocenters. The molecule has 0 aliphatic heterocycles. The minimum atomic E-state index is 0.105. The van der Waals surface area contributed by atoms with Crippen molar-refractivity contribution < 1.29 is 4.84 Å². The number of hydrogen-bond acceptors (Lipinski definition) is 5. The molecule has 1 rings (SSSR count). The van der Waals surface area contributed by atoms with E-state index in [4.69, 9.17) is 16.1 Å². The molecule has 0 radical (unpaired) electrons. The van der Waals surface area contributed by atoms with Crippen molar-refractivity contribution in [3.63, 3.8) is 0 Å². The fraction of sp³-hybridized carbons (Fsp3) is 0.250. The molecule has 1 aromatic carbocycles. The summed E-state index contributed by atoms with van der Waals surface area (Å²) >= 11 is 0. The van der Waals surface area contributed by atoms with Crippen LogP contribution in [0.25, 0.3) is 0 Å². The highest BCUT2D eigenvalue weighted by molar-refractivity contribution is 6.47. The second kappa shape index (κ2) is 6.42. The first-order valence-corrected chi connectivity index (χ1v) is 5.31. The molecule has 0 aliphatic rings. The van der Waals surface area contributed by atoms with E-state index < -0.39 is 0 Å². The summed E-state index contributed by atoms with van der Waals surface area (Å²) in [5.41, 5.74) is 1.95. The zero-order valence-corrected chi connectivity index (χ0v) is 9.97. The van der Waals surface area contributed by atoms with Crippen molar-refractivity contribution in [3.05, 3.63) is 35.9 Å². The maximum absolute atomic E-state index is 7.33. The Balaban J connectivity index is 2.86. The molecule has 0 heterocycles. The number of nitrogens with two attached hydrogens (primary N) is 1. The Morgan fingerprint density at radius 3 is 2.53 bits per heavy atom. The summed E-state index contributed by atoms with van der Waals surface area (Å²) in [6.45, 7) is 3.56. The monoisotopic (exact) mass is 232 g/mol. The summed E-state index contributed by atoms with van der Waals surface area (Å²) in [6, 6.07) is 9.46. The Morgan fingerprint density at radius 1 is 1.35 bits per heavy atom. The van der Waals surface area contributed by atoms with Gasteiger partial charge in [-0.3, -0.25) is 5.41 Å². The van der Waals surface area contributed by atoms with E-state index >= 15 is 0 Å². The Hall–Kier alpha value is -2.17. The first-order chi connectivity index (χ1) is 8.19. The van der Waals surface area contributed by atoms with E-state index in [1.165, 1.54) is 0 Å². The quantitative estimate of drug-likeness (QED) is 0.361. The van der Waals surface area contributed by atoms with E-state index in [9.17, 15) is 0 Å². The van der Waals surface area contributed by atoms with Crippen LogP contribution in [0, 0.1) is 5.41 Å². The average molecular weight is 232 g/mol. The van der Waals surface area contributed by atoms with E-state index in [0.717, 1.165) is 5.56 Å². The van der Waals surface area contributed by atoms with Crippen molar-refractivity contribution in [1.29, 1.82) is 5.41 Å². The molecule has 0 aliphatic carbocycles. The number of benzene rings is 1. The minimum Gasteiger partial charge on any atom is -0.342 e. The lowest BCUT2D eigenvalue weighted by atomic mass is 10.1. The van der Waals surface area contributed by atoms with Crippen LogP contribution in [0.4, 0.5) is 0 Å². The SMILES string of the molecule is CCC(=N)O/N=C(C)/C(=N/N)c1ccccc1. The third-order valence-electron chi connectivity index (χ3n) is 2.13. The van der Waals surface area contributed by atoms with Crippen molar-refractivity contribution in [3.8, 4) is 0 Å². The predicted molar refractivity (Wildman–Crippen MR) is 69.4 cm³/mol. The van der Waals surface area contributed by atoms with Crippen LogP contribution in [0.1, 0.15) is 25.8 Å². The Labute approximate surface area is 100 Å². The van der Waals surface area contributed by atoms with Crippen LogP contribution in [0.5, 0.6) is 0 Å². The average Bonchev–Trinajstić information content (AvgIpc) is 2.38. The lowest BCUT2D eigenvalue weighted by Gasteiger charge is -2.04. The Bertz CT molecular complexity index is 437. The number of hydrogen-bond donors (Lipinski definition) is 2. The molecule has 0 amide bonds. The number of nitrogens with one attached hydrogen (secondary N) is 1. The zero-order chi connectivity index (χ0) is 12.7. The summed E-state index contributed by atoms with van der Waals surface area (Å²) in [4.78, 5) is 4.89. The molecule has 0 saturated carbocycles. The lowest BCUT2D eigenvalue weighted by Crippen LogP contribution is -2.15. The van der Waals surface area contributed by atoms with E-state index in [2.05, 4.69) is 10.3 Å². The number of nitrogens with zero attached hydrogens (tertiary/aromatic N) is 2. The van der Waals surface area contributed by atoms with Crippen LogP contribution in [0.3, 0.4) is 0 Å². The molecule has 17 heavy (non-hydrogen) atoms. The van der Waals surface area contributed by atoms with Gasteiger partial charge in [0.2, 0.25) is 5.90 Å². The highest BCUT2D eigenvalue weighted by Crippen LogP contribution is 2.03. The van der Waals surface area contributed by atoms with Gasteiger partial charge in [-0.15, -0.1) is 0 Å². The number of rotatable bonds is 4. The second-order valence-corrected chi connectivity index (χ2v) is 3.39. The van der Waals surface area contributed by atoms with Crippen molar-refractivity contribution in [1.82, 2.24) is 0 Å². The highest BCUT2D eigenvalue weighted by atomic mass is 16.6. The number of oxime groups is 1. The Kier molecular flexibility index (Phi) is 4.87. The molecular weight excluding hydrogens is 216 g/mol. The summed E-state index contributed by atoms with van der Waals surface area (Å²) in [6.07, 6.45) is 0.497. The van der Waals surface area contributed by atoms with Gasteiger partial charge in [0.05, 0.1) is 0 Å². The van der Waals surface area contributed by atoms with Crippen LogP contribution in [0.2, 0.25) is 0 Å². The summed E-state index contributed by atoms with van der Waals surface area (Å²) in [5, 5.41) is 14.9. The van der Waals surface area contributed by atoms with E-state index in [1.807, 2.05) is 37.3 Å². The summed E-state index contributed by atoms with van der Waals surface area (Å²) in [5.74, 6) is 5.45. The van der Waals surface area contributed by atoms with Crippen molar-refractivity contribution in [2.45, 2.75) is 20.3 Å². The van der Waals surface area contributed by atoms with Crippen LogP contribution in [-0.2, 0) is 4.84 Å². The van der Waals surface area contributed by atoms with Crippen LogP contribution in [0.15, 0.2) is 40.6 Å². The highest BCUT2D eigenvalue weighted by Gasteiger charge is 2.07. The molecule has 90 valence electrons. The third-order valence-corrected chi connectivity index (χ3v) is 2.13. The van der Waals surface area contributed by atoms with Gasteiger partial charge in [-0.1, -0.05) is 42.4 Å². The first-order valence-electron chi connectivity index (χ1n) is 5.31. The smallest absolute Gasteiger partial charge is 0.217 e. The standard InChI is InChI=1S/C12H16N4O/c1-3-11(13)17-16-9(2)12(15-14)10-7-5-4-6-8-10/h4-8,13H,3,14H2,1-2H3/b13-11?,15-12-,16-9+. The predicted octanol–water partition coefficient (Wildman–Crippen LogP) is 2.13. The summed E-state index contributed by atoms with van der Waals surface area (Å²) < 4.78 is 0. The maximum atomic E-state index is 7.33. The fourth-order valence-corrected chi connectivity index (χ4v) is 1.20. The minimum absolute atomic E-state index is 0.105. The molecule has 0 aromatic heterocycles. The van der Waals surface area contributed by atoms with Crippen molar-refractivity contribution in [2.24, 2.45) is 16.1 Å². The van der Waals surface area contributed by atoms with Gasteiger partial charge in [0.15, 0.2) is 0 Å². The molecule has 5 heteroatoms. The largest absolute Gasteiger partial charge is 0.342 e. The normalized spacial score (nSPS) is 12.4. The molecule has 3 N–H and O–H groups in total. The Morgan fingerprint density at radius 2 is 2.00 bits per heavy atom. The van der Waals surface area contributed by atoms with E-state index in [1.54, 1.807) is 6.92 Å². The molecule has 0 spiro atoms. The van der Waals surface area contributed by atoms with Crippen molar-refractivity contribution in [2.75, 3.05) is 0 Å². The van der Waals surface area contributed by atoms with E-state index in [0.29, 0.717) is 17.8 Å². The van der Waals surface area contributed by atoms with Gasteiger partial charge in [-0.05, 0) is 6.92 Å². The molecule has 0 fully saturated rings. The van der Waals surface area contributed by atoms with Gasteiger partial charge >= 0.3 is 0 Å². The van der Waals surface area contributed by atoms with Crippen LogP contribution in [-0.4, -0.2) is 17.3 Å². The van der Waals surface area contributed by atoms with Gasteiger partial charge in [0.25, 0.3) is 0 Å². The molecular formula is C12H16N4O. The third kappa shape index (κ3) is 3.71.